The summed E-state index contributed by atoms with van der Waals surface area (Å²) in [5, 5.41) is 0. The highest BCUT2D eigenvalue weighted by Gasteiger charge is 2.14. The molecule has 0 aromatic heterocycles. The standard InChI is InChI=1S/C10H14BrCl/c1-7-4-3-5-9(8(7)2)6-10(11)12/h6-7H,3-5H2,1-2H3/b10-6+. The van der Waals surface area contributed by atoms with Gasteiger partial charge in [-0.05, 0) is 59.7 Å². The molecule has 0 spiro atoms. The molecule has 2 heteroatoms. The van der Waals surface area contributed by atoms with Gasteiger partial charge in [0.05, 0.1) is 3.94 Å². The Labute approximate surface area is 87.8 Å². The Morgan fingerprint density at radius 1 is 1.67 bits per heavy atom. The van der Waals surface area contributed by atoms with E-state index < -0.39 is 0 Å². The molecule has 0 bridgehead atoms. The third kappa shape index (κ3) is 2.63. The molecular weight excluding hydrogens is 235 g/mol. The molecule has 1 aliphatic rings. The molecule has 68 valence electrons. The van der Waals surface area contributed by atoms with Crippen LogP contribution in [0, 0.1) is 5.92 Å². The van der Waals surface area contributed by atoms with Crippen LogP contribution in [-0.4, -0.2) is 0 Å². The van der Waals surface area contributed by atoms with Gasteiger partial charge >= 0.3 is 0 Å². The predicted octanol–water partition coefficient (Wildman–Crippen LogP) is 4.60. The Kier molecular flexibility index (Phi) is 3.85. The third-order valence-corrected chi connectivity index (χ3v) is 2.95. The molecule has 0 fully saturated rings. The Bertz CT molecular complexity index is 224. The lowest BCUT2D eigenvalue weighted by Crippen LogP contribution is -2.05. The van der Waals surface area contributed by atoms with Gasteiger partial charge < -0.3 is 0 Å². The largest absolute Gasteiger partial charge is 0.0836 e. The highest BCUT2D eigenvalue weighted by atomic mass is 79.9. The van der Waals surface area contributed by atoms with Crippen molar-refractivity contribution in [1.82, 2.24) is 0 Å². The minimum Gasteiger partial charge on any atom is -0.0761 e. The fraction of sp³-hybridized carbons (Fsp3) is 0.600. The molecule has 1 unspecified atom stereocenters. The van der Waals surface area contributed by atoms with Gasteiger partial charge in [0, 0.05) is 0 Å². The zero-order valence-corrected chi connectivity index (χ0v) is 9.87. The highest BCUT2D eigenvalue weighted by molar-refractivity contribution is 9.12. The third-order valence-electron chi connectivity index (χ3n) is 2.61. The Balaban J connectivity index is 2.86. The number of rotatable bonds is 1. The van der Waals surface area contributed by atoms with Crippen LogP contribution in [0.15, 0.2) is 21.2 Å². The van der Waals surface area contributed by atoms with Gasteiger partial charge in [0.15, 0.2) is 0 Å². The van der Waals surface area contributed by atoms with Crippen LogP contribution < -0.4 is 0 Å². The first kappa shape index (κ1) is 10.3. The van der Waals surface area contributed by atoms with Crippen LogP contribution in [-0.2, 0) is 0 Å². The average molecular weight is 250 g/mol. The quantitative estimate of drug-likeness (QED) is 0.637. The highest BCUT2D eigenvalue weighted by Crippen LogP contribution is 2.31. The summed E-state index contributed by atoms with van der Waals surface area (Å²) in [4.78, 5) is 0. The Morgan fingerprint density at radius 3 is 2.92 bits per heavy atom. The lowest BCUT2D eigenvalue weighted by atomic mass is 9.85. The summed E-state index contributed by atoms with van der Waals surface area (Å²) in [5.41, 5.74) is 2.91. The molecule has 0 N–H and O–H groups in total. The molecule has 1 rings (SSSR count). The van der Waals surface area contributed by atoms with Crippen LogP contribution in [0.4, 0.5) is 0 Å². The molecule has 0 radical (unpaired) electrons. The zero-order valence-electron chi connectivity index (χ0n) is 7.53. The van der Waals surface area contributed by atoms with E-state index >= 15 is 0 Å². The Morgan fingerprint density at radius 2 is 2.33 bits per heavy atom. The molecule has 0 nitrogen and oxygen atoms in total. The SMILES string of the molecule is CC1=C(/C=C(/Cl)Br)CCCC1C. The summed E-state index contributed by atoms with van der Waals surface area (Å²) in [6, 6.07) is 0. The van der Waals surface area contributed by atoms with Crippen molar-refractivity contribution < 1.29 is 0 Å². The molecule has 0 saturated carbocycles. The first-order valence-electron chi connectivity index (χ1n) is 4.33. The molecular formula is C10H14BrCl. The maximum atomic E-state index is 5.77. The molecule has 0 aromatic carbocycles. The molecule has 1 atom stereocenters. The predicted molar refractivity (Wildman–Crippen MR) is 58.6 cm³/mol. The minimum atomic E-state index is 0.714. The summed E-state index contributed by atoms with van der Waals surface area (Å²) in [7, 11) is 0. The van der Waals surface area contributed by atoms with E-state index in [1.54, 1.807) is 0 Å². The molecule has 1 aliphatic carbocycles. The van der Waals surface area contributed by atoms with E-state index in [2.05, 4.69) is 29.8 Å². The molecule has 0 amide bonds. The lowest BCUT2D eigenvalue weighted by molar-refractivity contribution is 0.541. The average Bonchev–Trinajstić information content (AvgIpc) is 1.98. The normalized spacial score (nSPS) is 26.3. The number of halogens is 2. The van der Waals surface area contributed by atoms with Crippen molar-refractivity contribution in [2.45, 2.75) is 33.1 Å². The molecule has 0 heterocycles. The molecule has 0 saturated heterocycles. The fourth-order valence-electron chi connectivity index (χ4n) is 1.65. The van der Waals surface area contributed by atoms with E-state index in [1.165, 1.54) is 30.4 Å². The van der Waals surface area contributed by atoms with E-state index in [1.807, 2.05) is 6.08 Å². The maximum Gasteiger partial charge on any atom is 0.0836 e. The fourth-order valence-corrected chi connectivity index (χ4v) is 2.05. The minimum absolute atomic E-state index is 0.714. The summed E-state index contributed by atoms with van der Waals surface area (Å²) >= 11 is 9.02. The van der Waals surface area contributed by atoms with Crippen LogP contribution in [0.2, 0.25) is 0 Å². The molecule has 0 aliphatic heterocycles. The second kappa shape index (κ2) is 4.48. The van der Waals surface area contributed by atoms with Crippen molar-refractivity contribution in [2.24, 2.45) is 5.92 Å². The van der Waals surface area contributed by atoms with Gasteiger partial charge in [0.1, 0.15) is 0 Å². The van der Waals surface area contributed by atoms with Gasteiger partial charge in [-0.25, -0.2) is 0 Å². The van der Waals surface area contributed by atoms with Crippen molar-refractivity contribution in [2.75, 3.05) is 0 Å². The topological polar surface area (TPSA) is 0 Å². The van der Waals surface area contributed by atoms with Gasteiger partial charge in [0.2, 0.25) is 0 Å². The first-order valence-corrected chi connectivity index (χ1v) is 5.50. The lowest BCUT2D eigenvalue weighted by Gasteiger charge is -2.21. The van der Waals surface area contributed by atoms with Crippen molar-refractivity contribution in [3.63, 3.8) is 0 Å². The van der Waals surface area contributed by atoms with Gasteiger partial charge in [0.25, 0.3) is 0 Å². The molecule has 0 aromatic rings. The second-order valence-electron chi connectivity index (χ2n) is 3.44. The maximum absolute atomic E-state index is 5.77. The van der Waals surface area contributed by atoms with Crippen LogP contribution in [0.1, 0.15) is 33.1 Å². The Hall–Kier alpha value is 0.250. The van der Waals surface area contributed by atoms with Crippen molar-refractivity contribution in [3.05, 3.63) is 21.2 Å². The monoisotopic (exact) mass is 248 g/mol. The summed E-state index contributed by atoms with van der Waals surface area (Å²) < 4.78 is 0.714. The number of allylic oxidation sites excluding steroid dienone is 3. The van der Waals surface area contributed by atoms with E-state index in [-0.39, 0.29) is 0 Å². The van der Waals surface area contributed by atoms with Gasteiger partial charge in [-0.3, -0.25) is 0 Å². The number of hydrogen-bond donors (Lipinski definition) is 0. The van der Waals surface area contributed by atoms with E-state index in [4.69, 9.17) is 11.6 Å². The van der Waals surface area contributed by atoms with Crippen LogP contribution >= 0.6 is 27.5 Å². The van der Waals surface area contributed by atoms with Gasteiger partial charge in [-0.15, -0.1) is 0 Å². The van der Waals surface area contributed by atoms with Crippen molar-refractivity contribution in [1.29, 1.82) is 0 Å². The van der Waals surface area contributed by atoms with Gasteiger partial charge in [-0.2, -0.15) is 0 Å². The second-order valence-corrected chi connectivity index (χ2v) is 5.15. The van der Waals surface area contributed by atoms with Crippen molar-refractivity contribution in [3.8, 4) is 0 Å². The smallest absolute Gasteiger partial charge is 0.0761 e. The van der Waals surface area contributed by atoms with E-state index in [0.717, 1.165) is 5.92 Å². The van der Waals surface area contributed by atoms with Crippen LogP contribution in [0.3, 0.4) is 0 Å². The number of hydrogen-bond acceptors (Lipinski definition) is 0. The van der Waals surface area contributed by atoms with E-state index in [9.17, 15) is 0 Å². The van der Waals surface area contributed by atoms with Crippen molar-refractivity contribution >= 4 is 27.5 Å². The first-order chi connectivity index (χ1) is 5.61. The molecule has 12 heavy (non-hydrogen) atoms. The van der Waals surface area contributed by atoms with Crippen LogP contribution in [0.25, 0.3) is 0 Å². The van der Waals surface area contributed by atoms with Gasteiger partial charge in [-0.1, -0.05) is 24.1 Å². The summed E-state index contributed by atoms with van der Waals surface area (Å²) in [6.07, 6.45) is 5.83. The summed E-state index contributed by atoms with van der Waals surface area (Å²) in [6.45, 7) is 4.49. The van der Waals surface area contributed by atoms with E-state index in [0.29, 0.717) is 3.94 Å². The van der Waals surface area contributed by atoms with Crippen LogP contribution in [0.5, 0.6) is 0 Å². The summed E-state index contributed by atoms with van der Waals surface area (Å²) in [5.74, 6) is 0.730. The zero-order chi connectivity index (χ0) is 9.14.